The predicted octanol–water partition coefficient (Wildman–Crippen LogP) is -0.0867. The lowest BCUT2D eigenvalue weighted by molar-refractivity contribution is -0.142. The molecular formula is C8H15NO3. The first-order chi connectivity index (χ1) is 5.74. The Morgan fingerprint density at radius 1 is 1.75 bits per heavy atom. The van der Waals surface area contributed by atoms with Crippen molar-refractivity contribution < 1.29 is 14.3 Å². The van der Waals surface area contributed by atoms with E-state index in [1.807, 2.05) is 0 Å². The minimum atomic E-state index is -0.183. The maximum atomic E-state index is 10.9. The van der Waals surface area contributed by atoms with E-state index in [0.717, 1.165) is 6.42 Å². The molecule has 0 aromatic carbocycles. The number of hydrogen-bond acceptors (Lipinski definition) is 4. The first kappa shape index (κ1) is 9.48. The van der Waals surface area contributed by atoms with Crippen LogP contribution in [-0.4, -0.2) is 32.3 Å². The SMILES string of the molecule is COC(=O)CC1CCOCC1N. The summed E-state index contributed by atoms with van der Waals surface area (Å²) in [7, 11) is 1.40. The standard InChI is InChI=1S/C8H15NO3/c1-11-8(10)4-6-2-3-12-5-7(6)9/h6-7H,2-5,9H2,1H3. The van der Waals surface area contributed by atoms with Crippen molar-refractivity contribution in [1.82, 2.24) is 0 Å². The highest BCUT2D eigenvalue weighted by atomic mass is 16.5. The van der Waals surface area contributed by atoms with Gasteiger partial charge in [-0.05, 0) is 12.3 Å². The van der Waals surface area contributed by atoms with Gasteiger partial charge in [-0.2, -0.15) is 0 Å². The lowest BCUT2D eigenvalue weighted by Gasteiger charge is -2.27. The van der Waals surface area contributed by atoms with E-state index in [-0.39, 0.29) is 17.9 Å². The summed E-state index contributed by atoms with van der Waals surface area (Å²) in [5.74, 6) is 0.0450. The molecule has 2 N–H and O–H groups in total. The molecule has 0 saturated carbocycles. The third-order valence-electron chi connectivity index (χ3n) is 2.21. The molecule has 0 spiro atoms. The molecule has 1 heterocycles. The Balaban J connectivity index is 2.33. The van der Waals surface area contributed by atoms with Gasteiger partial charge in [0.25, 0.3) is 0 Å². The summed E-state index contributed by atoms with van der Waals surface area (Å²) >= 11 is 0. The number of rotatable bonds is 2. The van der Waals surface area contributed by atoms with Gasteiger partial charge in [-0.1, -0.05) is 0 Å². The zero-order valence-corrected chi connectivity index (χ0v) is 7.29. The quantitative estimate of drug-likeness (QED) is 0.593. The highest BCUT2D eigenvalue weighted by Crippen LogP contribution is 2.17. The summed E-state index contributed by atoms with van der Waals surface area (Å²) in [6.45, 7) is 1.26. The molecule has 0 aromatic rings. The van der Waals surface area contributed by atoms with Gasteiger partial charge in [0.2, 0.25) is 0 Å². The Hall–Kier alpha value is -0.610. The molecule has 0 bridgehead atoms. The largest absolute Gasteiger partial charge is 0.469 e. The molecule has 4 nitrogen and oxygen atoms in total. The van der Waals surface area contributed by atoms with Crippen molar-refractivity contribution in [2.75, 3.05) is 20.3 Å². The van der Waals surface area contributed by atoms with Gasteiger partial charge in [-0.3, -0.25) is 4.79 Å². The molecule has 0 amide bonds. The summed E-state index contributed by atoms with van der Waals surface area (Å²) in [6.07, 6.45) is 1.28. The average Bonchev–Trinajstić information content (AvgIpc) is 2.09. The number of carbonyl (C=O) groups is 1. The normalized spacial score (nSPS) is 29.8. The average molecular weight is 173 g/mol. The van der Waals surface area contributed by atoms with Crippen LogP contribution >= 0.6 is 0 Å². The topological polar surface area (TPSA) is 61.5 Å². The van der Waals surface area contributed by atoms with Crippen molar-refractivity contribution in [3.63, 3.8) is 0 Å². The number of ether oxygens (including phenoxy) is 2. The second-order valence-electron chi connectivity index (χ2n) is 3.07. The number of esters is 1. The lowest BCUT2D eigenvalue weighted by Crippen LogP contribution is -2.40. The maximum Gasteiger partial charge on any atom is 0.305 e. The molecule has 2 unspecified atom stereocenters. The predicted molar refractivity (Wildman–Crippen MR) is 43.5 cm³/mol. The molecule has 1 rings (SSSR count). The molecule has 1 saturated heterocycles. The van der Waals surface area contributed by atoms with E-state index < -0.39 is 0 Å². The minimum Gasteiger partial charge on any atom is -0.469 e. The summed E-state index contributed by atoms with van der Waals surface area (Å²) in [4.78, 5) is 10.9. The first-order valence-electron chi connectivity index (χ1n) is 4.14. The Bertz CT molecular complexity index is 160. The molecule has 1 aliphatic heterocycles. The fourth-order valence-electron chi connectivity index (χ4n) is 1.36. The van der Waals surface area contributed by atoms with E-state index in [1.54, 1.807) is 0 Å². The van der Waals surface area contributed by atoms with Crippen LogP contribution in [0.4, 0.5) is 0 Å². The molecule has 1 aliphatic rings. The van der Waals surface area contributed by atoms with Crippen molar-refractivity contribution in [1.29, 1.82) is 0 Å². The number of hydrogen-bond donors (Lipinski definition) is 1. The minimum absolute atomic E-state index is 0.0159. The highest BCUT2D eigenvalue weighted by molar-refractivity contribution is 5.69. The Morgan fingerprint density at radius 2 is 2.50 bits per heavy atom. The van der Waals surface area contributed by atoms with Gasteiger partial charge in [0, 0.05) is 19.1 Å². The van der Waals surface area contributed by atoms with Crippen molar-refractivity contribution in [2.45, 2.75) is 18.9 Å². The van der Waals surface area contributed by atoms with E-state index in [0.29, 0.717) is 19.6 Å². The maximum absolute atomic E-state index is 10.9. The molecule has 12 heavy (non-hydrogen) atoms. The van der Waals surface area contributed by atoms with Gasteiger partial charge in [0.15, 0.2) is 0 Å². The molecular weight excluding hydrogens is 158 g/mol. The Kier molecular flexibility index (Phi) is 3.49. The van der Waals surface area contributed by atoms with Crippen molar-refractivity contribution in [3.05, 3.63) is 0 Å². The van der Waals surface area contributed by atoms with Crippen molar-refractivity contribution in [3.8, 4) is 0 Å². The second-order valence-corrected chi connectivity index (χ2v) is 3.07. The highest BCUT2D eigenvalue weighted by Gasteiger charge is 2.24. The zero-order valence-electron chi connectivity index (χ0n) is 7.29. The van der Waals surface area contributed by atoms with Gasteiger partial charge in [-0.25, -0.2) is 0 Å². The summed E-state index contributed by atoms with van der Waals surface area (Å²) in [5, 5.41) is 0. The smallest absolute Gasteiger partial charge is 0.305 e. The number of nitrogens with two attached hydrogens (primary N) is 1. The lowest BCUT2D eigenvalue weighted by atomic mass is 9.92. The van der Waals surface area contributed by atoms with Crippen LogP contribution < -0.4 is 5.73 Å². The molecule has 1 fully saturated rings. The first-order valence-corrected chi connectivity index (χ1v) is 4.14. The fraction of sp³-hybridized carbons (Fsp3) is 0.875. The fourth-order valence-corrected chi connectivity index (χ4v) is 1.36. The van der Waals surface area contributed by atoms with Crippen molar-refractivity contribution >= 4 is 5.97 Å². The zero-order chi connectivity index (χ0) is 8.97. The number of carbonyl (C=O) groups excluding carboxylic acids is 1. The molecule has 2 atom stereocenters. The molecule has 0 aromatic heterocycles. The van der Waals surface area contributed by atoms with Crippen LogP contribution in [0.2, 0.25) is 0 Å². The van der Waals surface area contributed by atoms with Gasteiger partial charge in [0.1, 0.15) is 0 Å². The van der Waals surface area contributed by atoms with Crippen LogP contribution in [0.15, 0.2) is 0 Å². The number of methoxy groups -OCH3 is 1. The van der Waals surface area contributed by atoms with Gasteiger partial charge < -0.3 is 15.2 Å². The Labute approximate surface area is 72.0 Å². The Morgan fingerprint density at radius 3 is 3.08 bits per heavy atom. The molecule has 4 heteroatoms. The van der Waals surface area contributed by atoms with Crippen LogP contribution in [0.25, 0.3) is 0 Å². The van der Waals surface area contributed by atoms with E-state index in [2.05, 4.69) is 4.74 Å². The summed E-state index contributed by atoms with van der Waals surface area (Å²) < 4.78 is 9.72. The van der Waals surface area contributed by atoms with Gasteiger partial charge >= 0.3 is 5.97 Å². The van der Waals surface area contributed by atoms with Crippen LogP contribution in [0.3, 0.4) is 0 Å². The van der Waals surface area contributed by atoms with Gasteiger partial charge in [-0.15, -0.1) is 0 Å². The van der Waals surface area contributed by atoms with Crippen LogP contribution in [0.1, 0.15) is 12.8 Å². The third-order valence-corrected chi connectivity index (χ3v) is 2.21. The van der Waals surface area contributed by atoms with E-state index in [9.17, 15) is 4.79 Å². The molecule has 0 radical (unpaired) electrons. The second kappa shape index (κ2) is 4.42. The summed E-state index contributed by atoms with van der Waals surface area (Å²) in [5.41, 5.74) is 5.75. The summed E-state index contributed by atoms with van der Waals surface area (Å²) in [6, 6.07) is -0.0159. The molecule has 70 valence electrons. The van der Waals surface area contributed by atoms with Crippen LogP contribution in [-0.2, 0) is 14.3 Å². The van der Waals surface area contributed by atoms with Crippen molar-refractivity contribution in [2.24, 2.45) is 11.7 Å². The monoisotopic (exact) mass is 173 g/mol. The van der Waals surface area contributed by atoms with E-state index in [1.165, 1.54) is 7.11 Å². The van der Waals surface area contributed by atoms with Crippen LogP contribution in [0, 0.1) is 5.92 Å². The van der Waals surface area contributed by atoms with E-state index >= 15 is 0 Å². The van der Waals surface area contributed by atoms with Crippen LogP contribution in [0.5, 0.6) is 0 Å². The van der Waals surface area contributed by atoms with E-state index in [4.69, 9.17) is 10.5 Å². The van der Waals surface area contributed by atoms with Gasteiger partial charge in [0.05, 0.1) is 13.7 Å². The molecule has 0 aliphatic carbocycles. The third kappa shape index (κ3) is 2.46.